The molecule has 0 saturated carbocycles. The van der Waals surface area contributed by atoms with Crippen LogP contribution in [0.5, 0.6) is 0 Å². The van der Waals surface area contributed by atoms with E-state index in [4.69, 9.17) is 19.6 Å². The maximum Gasteiger partial charge on any atom is 0.451 e. The first-order valence-electron chi connectivity index (χ1n) is 9.90. The molecule has 27 heavy (non-hydrogen) atoms. The first-order valence-corrected chi connectivity index (χ1v) is 9.90. The lowest BCUT2D eigenvalue weighted by Crippen LogP contribution is -2.37. The molecule has 0 bridgehead atoms. The van der Waals surface area contributed by atoms with Crippen LogP contribution in [0.4, 0.5) is 0 Å². The first-order chi connectivity index (χ1) is 13.1. The molecular formula is C20H33BN2O4. The van der Waals surface area contributed by atoms with E-state index in [9.17, 15) is 0 Å². The van der Waals surface area contributed by atoms with Crippen LogP contribution in [0, 0.1) is 0 Å². The van der Waals surface area contributed by atoms with Crippen LogP contribution in [0.25, 0.3) is 0 Å². The molecule has 1 heterocycles. The molecule has 150 valence electrons. The quantitative estimate of drug-likeness (QED) is 0.427. The van der Waals surface area contributed by atoms with Gasteiger partial charge in [-0.3, -0.25) is 0 Å². The topological polar surface area (TPSA) is 89.9 Å². The van der Waals surface area contributed by atoms with Crippen molar-refractivity contribution in [3.05, 3.63) is 35.9 Å². The molecule has 1 saturated heterocycles. The van der Waals surface area contributed by atoms with Crippen LogP contribution in [0.2, 0.25) is 6.32 Å². The zero-order chi connectivity index (χ0) is 19.9. The Kier molecular flexibility index (Phi) is 12.7. The summed E-state index contributed by atoms with van der Waals surface area (Å²) in [6, 6.07) is 11.5. The van der Waals surface area contributed by atoms with Crippen molar-refractivity contribution in [2.75, 3.05) is 26.7 Å². The number of carbonyl (C=O) groups excluding carboxylic acids is 2. The van der Waals surface area contributed by atoms with E-state index in [1.165, 1.54) is 37.9 Å². The molecule has 1 aromatic rings. The molecule has 0 aromatic heterocycles. The van der Waals surface area contributed by atoms with Crippen molar-refractivity contribution < 1.29 is 19.6 Å². The summed E-state index contributed by atoms with van der Waals surface area (Å²) in [6.45, 7) is 3.56. The molecule has 1 aliphatic heterocycles. The number of hydrogen-bond acceptors (Lipinski definition) is 6. The maximum absolute atomic E-state index is 8.89. The van der Waals surface area contributed by atoms with E-state index >= 15 is 0 Å². The first kappa shape index (κ1) is 23.5. The summed E-state index contributed by atoms with van der Waals surface area (Å²) in [5.41, 5.74) is 1.50. The zero-order valence-electron chi connectivity index (χ0n) is 16.3. The van der Waals surface area contributed by atoms with Crippen LogP contribution in [-0.4, -0.2) is 60.9 Å². The van der Waals surface area contributed by atoms with Crippen LogP contribution in [-0.2, 0) is 9.59 Å². The number of nitrogens with zero attached hydrogens (tertiary/aromatic N) is 1. The minimum Gasteiger partial charge on any atom is -0.427 e. The molecule has 1 atom stereocenters. The average Bonchev–Trinajstić information content (AvgIpc) is 2.69. The molecule has 3 N–H and O–H groups in total. The van der Waals surface area contributed by atoms with Gasteiger partial charge < -0.3 is 20.3 Å². The summed E-state index contributed by atoms with van der Waals surface area (Å²) in [5, 5.41) is 21.2. The summed E-state index contributed by atoms with van der Waals surface area (Å²) < 4.78 is 0. The second kappa shape index (κ2) is 14.5. The normalized spacial score (nSPS) is 16.1. The third-order valence-corrected chi connectivity index (χ3v) is 5.33. The van der Waals surface area contributed by atoms with Gasteiger partial charge in [0.05, 0.1) is 0 Å². The van der Waals surface area contributed by atoms with Gasteiger partial charge in [-0.2, -0.15) is 9.59 Å². The summed E-state index contributed by atoms with van der Waals surface area (Å²) in [5.74, 6) is 0.729. The Morgan fingerprint density at radius 1 is 1.15 bits per heavy atom. The highest BCUT2D eigenvalue weighted by molar-refractivity contribution is 6.40. The Morgan fingerprint density at radius 2 is 1.78 bits per heavy atom. The summed E-state index contributed by atoms with van der Waals surface area (Å²) in [4.78, 5) is 18.8. The van der Waals surface area contributed by atoms with E-state index in [0.717, 1.165) is 31.7 Å². The van der Waals surface area contributed by atoms with Crippen LogP contribution in [0.3, 0.4) is 0 Å². The molecule has 7 heteroatoms. The van der Waals surface area contributed by atoms with E-state index in [0.29, 0.717) is 12.4 Å². The van der Waals surface area contributed by atoms with E-state index in [1.54, 1.807) is 0 Å². The van der Waals surface area contributed by atoms with Gasteiger partial charge in [-0.05, 0) is 70.2 Å². The van der Waals surface area contributed by atoms with Crippen LogP contribution in [0.1, 0.15) is 50.0 Å². The van der Waals surface area contributed by atoms with Crippen molar-refractivity contribution >= 4 is 13.3 Å². The standard InChI is InChI=1S/C19H33BN2O2.CO2/c1-21-19(9-5-6-13-20(23)24)12-16-22-14-10-18(11-15-22)17-7-3-2-4-8-17;2-1-3/h2-4,7-8,18-19,21,23-24H,5-6,9-16H2,1H3;. The second-order valence-corrected chi connectivity index (χ2v) is 7.15. The smallest absolute Gasteiger partial charge is 0.427 e. The highest BCUT2D eigenvalue weighted by atomic mass is 16.4. The van der Waals surface area contributed by atoms with Crippen molar-refractivity contribution in [3.8, 4) is 0 Å². The number of unbranched alkanes of at least 4 members (excludes halogenated alkanes) is 1. The number of nitrogens with one attached hydrogen (secondary N) is 1. The third-order valence-electron chi connectivity index (χ3n) is 5.33. The van der Waals surface area contributed by atoms with Gasteiger partial charge in [0.1, 0.15) is 0 Å². The maximum atomic E-state index is 8.89. The Morgan fingerprint density at radius 3 is 2.33 bits per heavy atom. The minimum absolute atomic E-state index is 0.250. The van der Waals surface area contributed by atoms with Crippen LogP contribution in [0.15, 0.2) is 30.3 Å². The Bertz CT molecular complexity index is 516. The molecule has 2 rings (SSSR count). The summed E-state index contributed by atoms with van der Waals surface area (Å²) in [6.07, 6.45) is 7.50. The molecule has 6 nitrogen and oxygen atoms in total. The van der Waals surface area contributed by atoms with E-state index in [-0.39, 0.29) is 6.15 Å². The third kappa shape index (κ3) is 10.4. The predicted octanol–water partition coefficient (Wildman–Crippen LogP) is 1.90. The molecule has 1 aliphatic rings. The van der Waals surface area contributed by atoms with Gasteiger partial charge in [0.2, 0.25) is 0 Å². The molecule has 1 fully saturated rings. The van der Waals surface area contributed by atoms with Crippen molar-refractivity contribution in [1.29, 1.82) is 0 Å². The van der Waals surface area contributed by atoms with Gasteiger partial charge >= 0.3 is 13.3 Å². The number of hydrogen-bond donors (Lipinski definition) is 3. The monoisotopic (exact) mass is 376 g/mol. The van der Waals surface area contributed by atoms with Crippen molar-refractivity contribution in [3.63, 3.8) is 0 Å². The van der Waals surface area contributed by atoms with Gasteiger partial charge in [-0.1, -0.05) is 43.2 Å². The molecule has 1 unspecified atom stereocenters. The molecule has 0 radical (unpaired) electrons. The highest BCUT2D eigenvalue weighted by Crippen LogP contribution is 2.27. The molecule has 0 amide bonds. The largest absolute Gasteiger partial charge is 0.451 e. The van der Waals surface area contributed by atoms with Crippen molar-refractivity contribution in [1.82, 2.24) is 10.2 Å². The average molecular weight is 376 g/mol. The molecule has 0 aliphatic carbocycles. The lowest BCUT2D eigenvalue weighted by Gasteiger charge is -2.33. The predicted molar refractivity (Wildman–Crippen MR) is 106 cm³/mol. The number of piperidine rings is 1. The molecule has 1 aromatic carbocycles. The SMILES string of the molecule is CNC(CCCCB(O)O)CCN1CCC(c2ccccc2)CC1.O=C=O. The van der Waals surface area contributed by atoms with Gasteiger partial charge in [0.25, 0.3) is 0 Å². The fourth-order valence-corrected chi connectivity index (χ4v) is 3.70. The van der Waals surface area contributed by atoms with Crippen LogP contribution < -0.4 is 5.32 Å². The zero-order valence-corrected chi connectivity index (χ0v) is 16.3. The Balaban J connectivity index is 0.00000114. The Hall–Kier alpha value is -1.50. The number of likely N-dealkylation sites (tertiary alicyclic amines) is 1. The second-order valence-electron chi connectivity index (χ2n) is 7.15. The van der Waals surface area contributed by atoms with Crippen molar-refractivity contribution in [2.45, 2.75) is 56.8 Å². The lowest BCUT2D eigenvalue weighted by atomic mass is 9.83. The van der Waals surface area contributed by atoms with Gasteiger partial charge in [0, 0.05) is 6.04 Å². The van der Waals surface area contributed by atoms with Crippen molar-refractivity contribution in [2.24, 2.45) is 0 Å². The minimum atomic E-state index is -1.15. The fraction of sp³-hybridized carbons (Fsp3) is 0.650. The summed E-state index contributed by atoms with van der Waals surface area (Å²) >= 11 is 0. The van der Waals surface area contributed by atoms with Gasteiger partial charge in [0.15, 0.2) is 0 Å². The fourth-order valence-electron chi connectivity index (χ4n) is 3.70. The number of rotatable bonds is 10. The highest BCUT2D eigenvalue weighted by Gasteiger charge is 2.20. The van der Waals surface area contributed by atoms with Gasteiger partial charge in [-0.25, -0.2) is 0 Å². The molecule has 0 spiro atoms. The Labute approximate surface area is 163 Å². The van der Waals surface area contributed by atoms with E-state index in [1.807, 2.05) is 7.05 Å². The van der Waals surface area contributed by atoms with E-state index < -0.39 is 7.12 Å². The van der Waals surface area contributed by atoms with E-state index in [2.05, 4.69) is 40.5 Å². The summed E-state index contributed by atoms with van der Waals surface area (Å²) in [7, 11) is 0.886. The van der Waals surface area contributed by atoms with Crippen LogP contribution >= 0.6 is 0 Å². The molecular weight excluding hydrogens is 343 g/mol. The lowest BCUT2D eigenvalue weighted by molar-refractivity contribution is -0.191. The number of benzene rings is 1. The van der Waals surface area contributed by atoms with Gasteiger partial charge in [-0.15, -0.1) is 0 Å².